The van der Waals surface area contributed by atoms with Crippen molar-refractivity contribution >= 4 is 51.9 Å². The van der Waals surface area contributed by atoms with Gasteiger partial charge in [-0.2, -0.15) is 13.2 Å². The first-order valence-corrected chi connectivity index (χ1v) is 8.45. The molecule has 2 N–H and O–H groups in total. The van der Waals surface area contributed by atoms with Crippen molar-refractivity contribution in [1.82, 2.24) is 0 Å². The molecule has 1 amide bonds. The zero-order chi connectivity index (χ0) is 19.8. The lowest BCUT2D eigenvalue weighted by Crippen LogP contribution is -2.11. The average molecular weight is 416 g/mol. The van der Waals surface area contributed by atoms with Crippen LogP contribution in [0.25, 0.3) is 11.0 Å². The Hall–Kier alpha value is -2.65. The Morgan fingerprint density at radius 2 is 1.85 bits per heavy atom. The lowest BCUT2D eigenvalue weighted by molar-refractivity contribution is -0.0328. The van der Waals surface area contributed by atoms with Crippen LogP contribution in [-0.4, -0.2) is 22.5 Å². The topological polar surface area (TPSA) is 79.5 Å². The normalized spacial score (nSPS) is 11.6. The number of benzene rings is 2. The van der Waals surface area contributed by atoms with E-state index in [0.717, 1.165) is 6.07 Å². The Balaban J connectivity index is 1.79. The highest BCUT2D eigenvalue weighted by Crippen LogP contribution is 2.41. The van der Waals surface area contributed by atoms with Gasteiger partial charge in [0.1, 0.15) is 5.58 Å². The van der Waals surface area contributed by atoms with E-state index in [1.54, 1.807) is 0 Å². The summed E-state index contributed by atoms with van der Waals surface area (Å²) >= 11 is 5.49. The molecule has 0 fully saturated rings. The van der Waals surface area contributed by atoms with Crippen molar-refractivity contribution < 1.29 is 32.3 Å². The second kappa shape index (κ2) is 7.16. The van der Waals surface area contributed by atoms with Gasteiger partial charge >= 0.3 is 11.5 Å². The number of rotatable bonds is 4. The summed E-state index contributed by atoms with van der Waals surface area (Å²) in [7, 11) is 0. The molecule has 0 aliphatic rings. The van der Waals surface area contributed by atoms with Crippen LogP contribution in [0, 0.1) is 0 Å². The van der Waals surface area contributed by atoms with E-state index >= 15 is 0 Å². The Labute approximate surface area is 159 Å². The predicted octanol–water partition coefficient (Wildman–Crippen LogP) is 5.65. The second-order valence-electron chi connectivity index (χ2n) is 5.32. The highest BCUT2D eigenvalue weighted by atomic mass is 35.5. The molecule has 140 valence electrons. The summed E-state index contributed by atoms with van der Waals surface area (Å²) in [6.07, 6.45) is 0. The first-order chi connectivity index (χ1) is 12.6. The molecular weight excluding hydrogens is 407 g/mol. The van der Waals surface area contributed by atoms with Gasteiger partial charge in [-0.3, -0.25) is 4.79 Å². The number of aromatic carboxylic acids is 1. The van der Waals surface area contributed by atoms with Crippen LogP contribution >= 0.6 is 23.4 Å². The van der Waals surface area contributed by atoms with Crippen molar-refractivity contribution in [1.29, 1.82) is 0 Å². The summed E-state index contributed by atoms with van der Waals surface area (Å²) in [4.78, 5) is 23.1. The van der Waals surface area contributed by atoms with Gasteiger partial charge in [0.05, 0.1) is 5.02 Å². The molecule has 3 rings (SSSR count). The average Bonchev–Trinajstić information content (AvgIpc) is 2.99. The second-order valence-corrected chi connectivity index (χ2v) is 6.83. The molecule has 0 unspecified atom stereocenters. The van der Waals surface area contributed by atoms with E-state index in [4.69, 9.17) is 21.1 Å². The minimum atomic E-state index is -4.47. The third-order valence-electron chi connectivity index (χ3n) is 3.41. The van der Waals surface area contributed by atoms with E-state index in [2.05, 4.69) is 5.32 Å². The number of thioether (sulfide) groups is 1. The van der Waals surface area contributed by atoms with Crippen LogP contribution < -0.4 is 5.32 Å². The summed E-state index contributed by atoms with van der Waals surface area (Å²) in [5.74, 6) is -2.05. The smallest absolute Gasteiger partial charge is 0.446 e. The predicted molar refractivity (Wildman–Crippen MR) is 94.5 cm³/mol. The molecule has 5 nitrogen and oxygen atoms in total. The van der Waals surface area contributed by atoms with Crippen molar-refractivity contribution in [3.63, 3.8) is 0 Å². The fourth-order valence-corrected chi connectivity index (χ4v) is 3.11. The number of hydrogen-bond acceptors (Lipinski definition) is 4. The number of anilines is 1. The van der Waals surface area contributed by atoms with E-state index in [1.165, 1.54) is 36.4 Å². The van der Waals surface area contributed by atoms with Gasteiger partial charge < -0.3 is 14.8 Å². The number of nitrogens with one attached hydrogen (secondary N) is 1. The van der Waals surface area contributed by atoms with Crippen LogP contribution in [0.15, 0.2) is 51.8 Å². The SMILES string of the molecule is O=C(Nc1ccc(SC(F)(F)F)c(Cl)c1)c1ccc2cc(C(=O)O)oc2c1. The largest absolute Gasteiger partial charge is 0.475 e. The minimum Gasteiger partial charge on any atom is -0.475 e. The Morgan fingerprint density at radius 3 is 2.48 bits per heavy atom. The Bertz CT molecular complexity index is 1050. The van der Waals surface area contributed by atoms with E-state index in [-0.39, 0.29) is 44.3 Å². The molecular formula is C17H9ClF3NO4S. The minimum absolute atomic E-state index is 0.150. The van der Waals surface area contributed by atoms with Crippen molar-refractivity contribution in [2.45, 2.75) is 10.4 Å². The number of carbonyl (C=O) groups excluding carboxylic acids is 1. The van der Waals surface area contributed by atoms with Crippen LogP contribution in [0.3, 0.4) is 0 Å². The van der Waals surface area contributed by atoms with Crippen LogP contribution in [0.5, 0.6) is 0 Å². The van der Waals surface area contributed by atoms with Crippen molar-refractivity contribution in [3.8, 4) is 0 Å². The van der Waals surface area contributed by atoms with E-state index < -0.39 is 17.4 Å². The molecule has 3 aromatic rings. The number of carbonyl (C=O) groups is 2. The molecule has 0 bridgehead atoms. The number of amides is 1. The zero-order valence-electron chi connectivity index (χ0n) is 13.1. The van der Waals surface area contributed by atoms with Crippen LogP contribution in [-0.2, 0) is 0 Å². The lowest BCUT2D eigenvalue weighted by Gasteiger charge is -2.10. The molecule has 0 aliphatic carbocycles. The standard InChI is InChI=1S/C17H9ClF3NO4S/c18-11-7-10(3-4-14(11)27-17(19,20)21)22-15(23)9-2-1-8-5-13(16(24)25)26-12(8)6-9/h1-7H,(H,22,23)(H,24,25). The molecule has 0 spiro atoms. The number of furan rings is 1. The summed E-state index contributed by atoms with van der Waals surface area (Å²) in [5.41, 5.74) is -3.86. The maximum Gasteiger partial charge on any atom is 0.446 e. The molecule has 1 heterocycles. The van der Waals surface area contributed by atoms with Gasteiger partial charge in [0.15, 0.2) is 0 Å². The molecule has 0 aliphatic heterocycles. The highest BCUT2D eigenvalue weighted by Gasteiger charge is 2.30. The van der Waals surface area contributed by atoms with Gasteiger partial charge in [-0.15, -0.1) is 0 Å². The highest BCUT2D eigenvalue weighted by molar-refractivity contribution is 8.00. The van der Waals surface area contributed by atoms with Gasteiger partial charge in [-0.05, 0) is 48.2 Å². The fraction of sp³-hybridized carbons (Fsp3) is 0.0588. The van der Waals surface area contributed by atoms with Crippen LogP contribution in [0.2, 0.25) is 5.02 Å². The number of hydrogen-bond donors (Lipinski definition) is 2. The zero-order valence-corrected chi connectivity index (χ0v) is 14.7. The van der Waals surface area contributed by atoms with Gasteiger partial charge in [-0.1, -0.05) is 17.7 Å². The van der Waals surface area contributed by atoms with E-state index in [0.29, 0.717) is 5.39 Å². The number of carboxylic acid groups (broad SMARTS) is 1. The number of alkyl halides is 3. The van der Waals surface area contributed by atoms with Gasteiger partial charge in [0.25, 0.3) is 5.91 Å². The van der Waals surface area contributed by atoms with E-state index in [1.807, 2.05) is 0 Å². The molecule has 0 atom stereocenters. The third kappa shape index (κ3) is 4.55. The summed E-state index contributed by atoms with van der Waals surface area (Å²) < 4.78 is 42.4. The quantitative estimate of drug-likeness (QED) is 0.538. The molecule has 2 aromatic carbocycles. The maximum absolute atomic E-state index is 12.4. The molecule has 0 saturated heterocycles. The van der Waals surface area contributed by atoms with Gasteiger partial charge in [-0.25, -0.2) is 4.79 Å². The number of halogens is 4. The van der Waals surface area contributed by atoms with Crippen LogP contribution in [0.1, 0.15) is 20.9 Å². The first-order valence-electron chi connectivity index (χ1n) is 7.26. The summed E-state index contributed by atoms with van der Waals surface area (Å²) in [5, 5.41) is 11.8. The summed E-state index contributed by atoms with van der Waals surface area (Å²) in [6.45, 7) is 0. The third-order valence-corrected chi connectivity index (χ3v) is 4.64. The molecule has 0 saturated carbocycles. The van der Waals surface area contributed by atoms with Gasteiger partial charge in [0.2, 0.25) is 5.76 Å². The maximum atomic E-state index is 12.4. The molecule has 1 aromatic heterocycles. The van der Waals surface area contributed by atoms with Crippen molar-refractivity contribution in [2.75, 3.05) is 5.32 Å². The number of carboxylic acids is 1. The Kier molecular flexibility index (Phi) is 5.07. The van der Waals surface area contributed by atoms with Crippen LogP contribution in [0.4, 0.5) is 18.9 Å². The summed E-state index contributed by atoms with van der Waals surface area (Å²) in [6, 6.07) is 9.35. The first kappa shape index (κ1) is 19.1. The van der Waals surface area contributed by atoms with E-state index in [9.17, 15) is 22.8 Å². The monoisotopic (exact) mass is 415 g/mol. The Morgan fingerprint density at radius 1 is 1.11 bits per heavy atom. The number of fused-ring (bicyclic) bond motifs is 1. The van der Waals surface area contributed by atoms with Gasteiger partial charge in [0, 0.05) is 21.5 Å². The van der Waals surface area contributed by atoms with Crippen molar-refractivity contribution in [3.05, 3.63) is 58.8 Å². The van der Waals surface area contributed by atoms with Crippen molar-refractivity contribution in [2.24, 2.45) is 0 Å². The fourth-order valence-electron chi connectivity index (χ4n) is 2.27. The molecule has 0 radical (unpaired) electrons. The molecule has 27 heavy (non-hydrogen) atoms. The molecule has 10 heteroatoms. The lowest BCUT2D eigenvalue weighted by atomic mass is 10.1.